The minimum absolute atomic E-state index is 0.0134. The first-order valence-electron chi connectivity index (χ1n) is 15.8. The highest BCUT2D eigenvalue weighted by molar-refractivity contribution is 5.55. The lowest BCUT2D eigenvalue weighted by atomic mass is 9.80. The minimum Gasteiger partial charge on any atom is -0.496 e. The maximum Gasteiger partial charge on any atom is 0.125 e. The van der Waals surface area contributed by atoms with Crippen LogP contribution < -0.4 is 14.2 Å². The van der Waals surface area contributed by atoms with Gasteiger partial charge in [-0.3, -0.25) is 0 Å². The lowest BCUT2D eigenvalue weighted by Crippen LogP contribution is -2.16. The molecule has 4 rings (SSSR count). The average Bonchev–Trinajstić information content (AvgIpc) is 2.89. The van der Waals surface area contributed by atoms with Gasteiger partial charge in [0, 0.05) is 6.42 Å². The van der Waals surface area contributed by atoms with Crippen molar-refractivity contribution in [1.82, 2.24) is 0 Å². The van der Waals surface area contributed by atoms with Crippen molar-refractivity contribution >= 4 is 0 Å². The van der Waals surface area contributed by atoms with Gasteiger partial charge >= 0.3 is 0 Å². The quantitative estimate of drug-likeness (QED) is 0.313. The van der Waals surface area contributed by atoms with E-state index in [1.165, 1.54) is 50.1 Å². The SMILES string of the molecule is CCOc1c2cc(C(C)(C)C)cc1CCc1cc(C(C)(C)C)cc(c1OC)Cc1cc(C(C)(C)C)cc(c1OC)CC2. The zero-order valence-corrected chi connectivity index (χ0v) is 28.4. The summed E-state index contributed by atoms with van der Waals surface area (Å²) in [6.45, 7) is 23.4. The van der Waals surface area contributed by atoms with Gasteiger partial charge in [-0.15, -0.1) is 0 Å². The summed E-state index contributed by atoms with van der Waals surface area (Å²) < 4.78 is 18.9. The number of ether oxygens (including phenoxy) is 3. The third-order valence-corrected chi connectivity index (χ3v) is 8.73. The minimum atomic E-state index is 0.0134. The van der Waals surface area contributed by atoms with Gasteiger partial charge < -0.3 is 14.2 Å². The maximum absolute atomic E-state index is 6.45. The molecule has 42 heavy (non-hydrogen) atoms. The number of fused-ring (bicyclic) bond motifs is 6. The Morgan fingerprint density at radius 3 is 1.02 bits per heavy atom. The lowest BCUT2D eigenvalue weighted by molar-refractivity contribution is 0.332. The van der Waals surface area contributed by atoms with Crippen LogP contribution in [0.25, 0.3) is 0 Å². The van der Waals surface area contributed by atoms with Crippen LogP contribution in [0.5, 0.6) is 17.2 Å². The first-order chi connectivity index (χ1) is 19.6. The second-order valence-corrected chi connectivity index (χ2v) is 15.1. The van der Waals surface area contributed by atoms with Gasteiger partial charge in [0.25, 0.3) is 0 Å². The van der Waals surface area contributed by atoms with Crippen molar-refractivity contribution in [3.63, 3.8) is 0 Å². The molecule has 0 radical (unpaired) electrons. The third kappa shape index (κ3) is 6.82. The van der Waals surface area contributed by atoms with Crippen molar-refractivity contribution in [2.45, 2.75) is 118 Å². The van der Waals surface area contributed by atoms with Crippen LogP contribution in [0.3, 0.4) is 0 Å². The molecule has 3 nitrogen and oxygen atoms in total. The molecule has 6 bridgehead atoms. The molecular weight excluding hydrogens is 516 g/mol. The maximum atomic E-state index is 6.45. The van der Waals surface area contributed by atoms with Crippen LogP contribution in [0.2, 0.25) is 0 Å². The van der Waals surface area contributed by atoms with Crippen LogP contribution in [-0.4, -0.2) is 20.8 Å². The van der Waals surface area contributed by atoms with Crippen LogP contribution in [-0.2, 0) is 48.3 Å². The normalized spacial score (nSPS) is 14.3. The van der Waals surface area contributed by atoms with E-state index >= 15 is 0 Å². The van der Waals surface area contributed by atoms with Crippen LogP contribution >= 0.6 is 0 Å². The molecule has 0 unspecified atom stereocenters. The van der Waals surface area contributed by atoms with E-state index in [1.54, 1.807) is 0 Å². The summed E-state index contributed by atoms with van der Waals surface area (Å²) in [6, 6.07) is 14.2. The van der Waals surface area contributed by atoms with Crippen LogP contribution in [0, 0.1) is 0 Å². The van der Waals surface area contributed by atoms with E-state index in [-0.39, 0.29) is 16.2 Å². The van der Waals surface area contributed by atoms with Gasteiger partial charge in [0.1, 0.15) is 17.2 Å². The second-order valence-electron chi connectivity index (χ2n) is 15.1. The first kappa shape index (κ1) is 32.0. The number of benzene rings is 3. The zero-order chi connectivity index (χ0) is 31.0. The summed E-state index contributed by atoms with van der Waals surface area (Å²) in [7, 11) is 3.64. The fraction of sp³-hybridized carbons (Fsp3) is 0.538. The Bertz CT molecular complexity index is 1330. The summed E-state index contributed by atoms with van der Waals surface area (Å²) >= 11 is 0. The number of methoxy groups -OCH3 is 2. The van der Waals surface area contributed by atoms with Gasteiger partial charge in [0.05, 0.1) is 20.8 Å². The van der Waals surface area contributed by atoms with E-state index in [1.807, 2.05) is 14.2 Å². The van der Waals surface area contributed by atoms with E-state index in [9.17, 15) is 0 Å². The van der Waals surface area contributed by atoms with Gasteiger partial charge in [0.15, 0.2) is 0 Å². The third-order valence-electron chi connectivity index (χ3n) is 8.73. The smallest absolute Gasteiger partial charge is 0.125 e. The van der Waals surface area contributed by atoms with Gasteiger partial charge in [0.2, 0.25) is 0 Å². The van der Waals surface area contributed by atoms with Gasteiger partial charge in [-0.2, -0.15) is 0 Å². The molecule has 1 aliphatic carbocycles. The monoisotopic (exact) mass is 570 g/mol. The summed E-state index contributed by atoms with van der Waals surface area (Å²) in [5.41, 5.74) is 11.6. The Morgan fingerprint density at radius 1 is 0.476 bits per heavy atom. The highest BCUT2D eigenvalue weighted by Gasteiger charge is 2.26. The molecular formula is C39H54O3. The summed E-state index contributed by atoms with van der Waals surface area (Å²) in [5, 5.41) is 0. The van der Waals surface area contributed by atoms with Crippen molar-refractivity contribution in [2.75, 3.05) is 20.8 Å². The lowest BCUT2D eigenvalue weighted by Gasteiger charge is -2.27. The van der Waals surface area contributed by atoms with E-state index in [4.69, 9.17) is 14.2 Å². The number of rotatable bonds is 4. The Balaban J connectivity index is 2.08. The standard InChI is InChI=1S/C39H54O3/c1-13-42-36-27-16-14-25-19-32(38(5,6)7)23-29(34(25)40-11)18-30-24-33(39(8,9)10)20-26(35(30)41-12)15-17-28(36)22-31(21-27)37(2,3)4/h19-24H,13-18H2,1-12H3. The molecule has 0 saturated carbocycles. The van der Waals surface area contributed by atoms with Gasteiger partial charge in [-0.1, -0.05) is 98.7 Å². The van der Waals surface area contributed by atoms with Crippen LogP contribution in [0.15, 0.2) is 36.4 Å². The Kier molecular flexibility index (Phi) is 9.12. The van der Waals surface area contributed by atoms with E-state index in [2.05, 4.69) is 106 Å². The molecule has 0 N–H and O–H groups in total. The van der Waals surface area contributed by atoms with Crippen LogP contribution in [0.1, 0.15) is 119 Å². The highest BCUT2D eigenvalue weighted by Crippen LogP contribution is 2.40. The molecule has 0 aliphatic heterocycles. The molecule has 0 saturated heterocycles. The summed E-state index contributed by atoms with van der Waals surface area (Å²) in [6.07, 6.45) is 4.34. The molecule has 0 fully saturated rings. The molecule has 1 aliphatic rings. The highest BCUT2D eigenvalue weighted by atomic mass is 16.5. The van der Waals surface area contributed by atoms with Crippen molar-refractivity contribution in [1.29, 1.82) is 0 Å². The average molecular weight is 571 g/mol. The molecule has 0 heterocycles. The summed E-state index contributed by atoms with van der Waals surface area (Å²) in [4.78, 5) is 0. The van der Waals surface area contributed by atoms with Crippen molar-refractivity contribution in [2.24, 2.45) is 0 Å². The Morgan fingerprint density at radius 2 is 0.762 bits per heavy atom. The van der Waals surface area contributed by atoms with Gasteiger partial charge in [-0.05, 0) is 98.9 Å². The topological polar surface area (TPSA) is 27.7 Å². The fourth-order valence-electron chi connectivity index (χ4n) is 6.17. The number of hydrogen-bond donors (Lipinski definition) is 0. The Hall–Kier alpha value is -2.94. The molecule has 0 aromatic heterocycles. The zero-order valence-electron chi connectivity index (χ0n) is 28.4. The molecule has 3 aromatic carbocycles. The fourth-order valence-corrected chi connectivity index (χ4v) is 6.17. The molecule has 228 valence electrons. The predicted molar refractivity (Wildman–Crippen MR) is 177 cm³/mol. The predicted octanol–water partition coefficient (Wildman–Crippen LogP) is 9.47. The van der Waals surface area contributed by atoms with Crippen molar-refractivity contribution < 1.29 is 14.2 Å². The van der Waals surface area contributed by atoms with E-state index in [0.717, 1.165) is 49.4 Å². The van der Waals surface area contributed by atoms with E-state index < -0.39 is 0 Å². The molecule has 3 aromatic rings. The number of hydrogen-bond acceptors (Lipinski definition) is 3. The van der Waals surface area contributed by atoms with Crippen LogP contribution in [0.4, 0.5) is 0 Å². The first-order valence-corrected chi connectivity index (χ1v) is 15.8. The van der Waals surface area contributed by atoms with Crippen molar-refractivity contribution in [3.05, 3.63) is 86.5 Å². The molecule has 0 atom stereocenters. The van der Waals surface area contributed by atoms with E-state index in [0.29, 0.717) is 6.61 Å². The van der Waals surface area contributed by atoms with Gasteiger partial charge in [-0.25, -0.2) is 0 Å². The molecule has 0 spiro atoms. The van der Waals surface area contributed by atoms with Crippen molar-refractivity contribution in [3.8, 4) is 17.2 Å². The second kappa shape index (κ2) is 12.0. The molecule has 0 amide bonds. The summed E-state index contributed by atoms with van der Waals surface area (Å²) in [5.74, 6) is 3.05. The Labute approximate surface area is 256 Å². The molecule has 3 heteroatoms. The largest absolute Gasteiger partial charge is 0.496 e. The number of aryl methyl sites for hydroxylation is 4.